The molecule has 3 aliphatic rings. The van der Waals surface area contributed by atoms with E-state index in [4.69, 9.17) is 0 Å². The summed E-state index contributed by atoms with van der Waals surface area (Å²) in [5.74, 6) is 3.24. The van der Waals surface area contributed by atoms with Gasteiger partial charge in [-0.3, -0.25) is 0 Å². The molecule has 0 radical (unpaired) electrons. The molecule has 1 aromatic carbocycles. The van der Waals surface area contributed by atoms with Crippen molar-refractivity contribution >= 4 is 0 Å². The van der Waals surface area contributed by atoms with Crippen LogP contribution in [0.15, 0.2) is 18.2 Å². The molecule has 0 bridgehead atoms. The van der Waals surface area contributed by atoms with E-state index >= 15 is 0 Å². The topological polar surface area (TPSA) is 0 Å². The Bertz CT molecular complexity index is 680. The van der Waals surface area contributed by atoms with Crippen molar-refractivity contribution in [3.05, 3.63) is 35.1 Å². The number of alkyl halides is 3. The number of halogens is 4. The third-order valence-electron chi connectivity index (χ3n) is 8.12. The van der Waals surface area contributed by atoms with Crippen LogP contribution in [0, 0.1) is 35.4 Å². The first kappa shape index (κ1) is 20.2. The zero-order chi connectivity index (χ0) is 19.9. The van der Waals surface area contributed by atoms with Crippen molar-refractivity contribution in [2.75, 3.05) is 0 Å². The minimum Gasteiger partial charge on any atom is -0.206 e. The number of rotatable bonds is 3. The van der Waals surface area contributed by atoms with E-state index in [0.29, 0.717) is 5.92 Å². The maximum Gasteiger partial charge on any atom is 0.419 e. The number of hydrogen-bond acceptors (Lipinski definition) is 0. The molecular weight excluding hydrogens is 364 g/mol. The molecule has 1 unspecified atom stereocenters. The summed E-state index contributed by atoms with van der Waals surface area (Å²) in [5, 5.41) is 0. The minimum absolute atomic E-state index is 0.214. The summed E-state index contributed by atoms with van der Waals surface area (Å²) in [5.41, 5.74) is -0.382. The third-order valence-corrected chi connectivity index (χ3v) is 8.12. The first-order valence-electron chi connectivity index (χ1n) is 11.2. The van der Waals surface area contributed by atoms with Gasteiger partial charge in [0.05, 0.1) is 5.56 Å². The monoisotopic (exact) mass is 396 g/mol. The van der Waals surface area contributed by atoms with Crippen LogP contribution in [0.2, 0.25) is 0 Å². The van der Waals surface area contributed by atoms with Gasteiger partial charge in [0.15, 0.2) is 0 Å². The average molecular weight is 397 g/mol. The highest BCUT2D eigenvalue weighted by Crippen LogP contribution is 2.55. The Hall–Kier alpha value is -1.06. The molecule has 28 heavy (non-hydrogen) atoms. The van der Waals surface area contributed by atoms with Gasteiger partial charge in [0.25, 0.3) is 0 Å². The highest BCUT2D eigenvalue weighted by Gasteiger charge is 2.44. The van der Waals surface area contributed by atoms with Crippen molar-refractivity contribution < 1.29 is 17.6 Å². The lowest BCUT2D eigenvalue weighted by molar-refractivity contribution is -0.140. The zero-order valence-electron chi connectivity index (χ0n) is 16.8. The molecule has 4 rings (SSSR count). The summed E-state index contributed by atoms with van der Waals surface area (Å²) < 4.78 is 52.5. The molecule has 3 saturated carbocycles. The molecule has 0 nitrogen and oxygen atoms in total. The van der Waals surface area contributed by atoms with Crippen LogP contribution in [0.25, 0.3) is 0 Å². The highest BCUT2D eigenvalue weighted by molar-refractivity contribution is 5.29. The van der Waals surface area contributed by atoms with Crippen LogP contribution < -0.4 is 0 Å². The average Bonchev–Trinajstić information content (AvgIpc) is 2.66. The summed E-state index contributed by atoms with van der Waals surface area (Å²) in [6.45, 7) is 2.29. The minimum atomic E-state index is -4.62. The Morgan fingerprint density at radius 2 is 1.57 bits per heavy atom. The fraction of sp³-hybridized carbons (Fsp3) is 0.750. The summed E-state index contributed by atoms with van der Waals surface area (Å²) in [6, 6.07) is 3.59. The molecule has 0 N–H and O–H groups in total. The Balaban J connectivity index is 1.42. The summed E-state index contributed by atoms with van der Waals surface area (Å²) in [7, 11) is 0. The zero-order valence-corrected chi connectivity index (χ0v) is 16.8. The molecule has 156 valence electrons. The van der Waals surface area contributed by atoms with E-state index in [1.807, 2.05) is 0 Å². The van der Waals surface area contributed by atoms with Crippen LogP contribution in [0.5, 0.6) is 0 Å². The first-order valence-corrected chi connectivity index (χ1v) is 11.2. The molecule has 0 aliphatic heterocycles. The molecule has 3 fully saturated rings. The van der Waals surface area contributed by atoms with Crippen molar-refractivity contribution in [3.63, 3.8) is 0 Å². The Morgan fingerprint density at radius 1 is 0.893 bits per heavy atom. The molecule has 0 saturated heterocycles. The summed E-state index contributed by atoms with van der Waals surface area (Å²) >= 11 is 0. The van der Waals surface area contributed by atoms with Gasteiger partial charge in [-0.25, -0.2) is 4.39 Å². The molecule has 0 spiro atoms. The Morgan fingerprint density at radius 3 is 2.21 bits per heavy atom. The molecule has 3 aliphatic carbocycles. The van der Waals surface area contributed by atoms with Gasteiger partial charge in [-0.15, -0.1) is 0 Å². The molecule has 0 amide bonds. The van der Waals surface area contributed by atoms with Crippen molar-refractivity contribution in [2.45, 2.75) is 83.2 Å². The smallest absolute Gasteiger partial charge is 0.206 e. The maximum atomic E-state index is 14.0. The van der Waals surface area contributed by atoms with Gasteiger partial charge in [-0.1, -0.05) is 32.3 Å². The van der Waals surface area contributed by atoms with E-state index in [9.17, 15) is 17.6 Å². The van der Waals surface area contributed by atoms with Crippen molar-refractivity contribution in [1.29, 1.82) is 0 Å². The largest absolute Gasteiger partial charge is 0.419 e. The van der Waals surface area contributed by atoms with Gasteiger partial charge < -0.3 is 0 Å². The van der Waals surface area contributed by atoms with Crippen LogP contribution in [0.4, 0.5) is 17.6 Å². The van der Waals surface area contributed by atoms with E-state index in [-0.39, 0.29) is 5.92 Å². The second kappa shape index (κ2) is 7.99. The van der Waals surface area contributed by atoms with E-state index in [0.717, 1.165) is 60.6 Å². The molecule has 1 aromatic rings. The quantitative estimate of drug-likeness (QED) is 0.454. The van der Waals surface area contributed by atoms with Gasteiger partial charge in [-0.05, 0) is 98.1 Å². The molecule has 4 heteroatoms. The standard InChI is InChI=1S/C24H32F4/c1-2-3-15-4-9-20-18(12-15)5-6-19-13-16(7-10-21(19)20)17-8-11-22(23(25)14-17)24(26,27)28/h8,11,14-16,18-21H,2-7,9-10,12-13H2,1H3/t15-,16?,18-,19+,20+,21+/m1/s1. The van der Waals surface area contributed by atoms with Crippen LogP contribution in [-0.2, 0) is 6.18 Å². The van der Waals surface area contributed by atoms with Gasteiger partial charge in [0, 0.05) is 0 Å². The van der Waals surface area contributed by atoms with Crippen molar-refractivity contribution in [3.8, 4) is 0 Å². The van der Waals surface area contributed by atoms with E-state index in [1.54, 1.807) is 0 Å². The fourth-order valence-electron chi connectivity index (χ4n) is 6.88. The van der Waals surface area contributed by atoms with Crippen molar-refractivity contribution in [1.82, 2.24) is 0 Å². The van der Waals surface area contributed by atoms with Gasteiger partial charge in [0.1, 0.15) is 5.82 Å². The lowest BCUT2D eigenvalue weighted by Gasteiger charge is -2.51. The van der Waals surface area contributed by atoms with Crippen molar-refractivity contribution in [2.24, 2.45) is 29.6 Å². The van der Waals surface area contributed by atoms with Gasteiger partial charge in [-0.2, -0.15) is 13.2 Å². The van der Waals surface area contributed by atoms with Crippen LogP contribution >= 0.6 is 0 Å². The fourth-order valence-corrected chi connectivity index (χ4v) is 6.88. The van der Waals surface area contributed by atoms with E-state index in [2.05, 4.69) is 6.92 Å². The number of benzene rings is 1. The molecular formula is C24H32F4. The predicted octanol–water partition coefficient (Wildman–Crippen LogP) is 7.97. The third kappa shape index (κ3) is 3.98. The number of hydrogen-bond donors (Lipinski definition) is 0. The second-order valence-electron chi connectivity index (χ2n) is 9.64. The second-order valence-corrected chi connectivity index (χ2v) is 9.64. The van der Waals surface area contributed by atoms with E-state index in [1.165, 1.54) is 51.0 Å². The van der Waals surface area contributed by atoms with Crippen LogP contribution in [-0.4, -0.2) is 0 Å². The lowest BCUT2D eigenvalue weighted by Crippen LogP contribution is -2.41. The maximum absolute atomic E-state index is 14.0. The SMILES string of the molecule is CCC[C@@H]1CC[C@H]2[C@H](CC[C@H]3CC(c4ccc(C(F)(F)F)c(F)c4)CC[C@@H]32)C1. The normalized spacial score (nSPS) is 35.9. The highest BCUT2D eigenvalue weighted by atomic mass is 19.4. The van der Waals surface area contributed by atoms with E-state index < -0.39 is 17.6 Å². The summed E-state index contributed by atoms with van der Waals surface area (Å²) in [6.07, 6.45) is 7.97. The Kier molecular flexibility index (Phi) is 5.77. The van der Waals surface area contributed by atoms with Crippen LogP contribution in [0.1, 0.15) is 88.2 Å². The van der Waals surface area contributed by atoms with Gasteiger partial charge >= 0.3 is 6.18 Å². The first-order chi connectivity index (χ1) is 13.4. The number of fused-ring (bicyclic) bond motifs is 3. The summed E-state index contributed by atoms with van der Waals surface area (Å²) in [4.78, 5) is 0. The Labute approximate surface area is 166 Å². The molecule has 0 heterocycles. The molecule has 6 atom stereocenters. The van der Waals surface area contributed by atoms with Crippen LogP contribution in [0.3, 0.4) is 0 Å². The van der Waals surface area contributed by atoms with Gasteiger partial charge in [0.2, 0.25) is 0 Å². The molecule has 0 aromatic heterocycles. The predicted molar refractivity (Wildman–Crippen MR) is 103 cm³/mol. The lowest BCUT2D eigenvalue weighted by atomic mass is 9.55.